The summed E-state index contributed by atoms with van der Waals surface area (Å²) in [5, 5.41) is 17.4. The van der Waals surface area contributed by atoms with Gasteiger partial charge in [-0.05, 0) is 12.1 Å². The number of nitrogen functional groups attached to an aromatic ring is 1. The van der Waals surface area contributed by atoms with Crippen molar-refractivity contribution in [3.63, 3.8) is 0 Å². The Morgan fingerprint density at radius 3 is 2.50 bits per heavy atom. The Bertz CT molecular complexity index is 386. The van der Waals surface area contributed by atoms with Crippen molar-refractivity contribution < 1.29 is 19.8 Å². The monoisotopic (exact) mass is 195 g/mol. The number of phenols is 1. The molecule has 1 rings (SSSR count). The van der Waals surface area contributed by atoms with E-state index in [0.717, 1.165) is 0 Å². The number of hydrogen-bond donors (Lipinski definition) is 3. The van der Waals surface area contributed by atoms with E-state index in [9.17, 15) is 9.59 Å². The highest BCUT2D eigenvalue weighted by molar-refractivity contribution is 6.08. The van der Waals surface area contributed by atoms with Crippen molar-refractivity contribution in [2.24, 2.45) is 0 Å². The number of Topliss-reactive ketones (excluding diaryl/α,β-unsaturated/α-hetero) is 1. The molecule has 0 amide bonds. The second kappa shape index (κ2) is 3.78. The zero-order valence-corrected chi connectivity index (χ0v) is 7.23. The number of aromatic hydroxyl groups is 1. The minimum atomic E-state index is -1.21. The zero-order chi connectivity index (χ0) is 10.7. The quantitative estimate of drug-likeness (QED) is 0.373. The van der Waals surface area contributed by atoms with Gasteiger partial charge in [-0.2, -0.15) is 0 Å². The maximum absolute atomic E-state index is 11.2. The van der Waals surface area contributed by atoms with Gasteiger partial charge in [0.15, 0.2) is 5.78 Å². The lowest BCUT2D eigenvalue weighted by Crippen LogP contribution is -2.09. The molecular weight excluding hydrogens is 186 g/mol. The van der Waals surface area contributed by atoms with E-state index in [2.05, 4.69) is 0 Å². The average Bonchev–Trinajstić information content (AvgIpc) is 2.01. The standard InChI is InChI=1S/C9H9NO4/c10-7-3-5(11)1-2-6(7)8(12)4-9(13)14/h1-3,11H,4,10H2,(H,13,14). The Morgan fingerprint density at radius 2 is 2.00 bits per heavy atom. The Kier molecular flexibility index (Phi) is 2.71. The number of phenolic OH excluding ortho intramolecular Hbond substituents is 1. The molecule has 0 radical (unpaired) electrons. The fourth-order valence-electron chi connectivity index (χ4n) is 1.04. The fourth-order valence-corrected chi connectivity index (χ4v) is 1.04. The number of carbonyl (C=O) groups is 2. The molecule has 0 aliphatic carbocycles. The van der Waals surface area contributed by atoms with Crippen LogP contribution in [0.3, 0.4) is 0 Å². The van der Waals surface area contributed by atoms with E-state index >= 15 is 0 Å². The van der Waals surface area contributed by atoms with Gasteiger partial charge < -0.3 is 15.9 Å². The van der Waals surface area contributed by atoms with Crippen LogP contribution in [0.5, 0.6) is 5.75 Å². The lowest BCUT2D eigenvalue weighted by atomic mass is 10.1. The van der Waals surface area contributed by atoms with Gasteiger partial charge in [0.1, 0.15) is 12.2 Å². The average molecular weight is 195 g/mol. The Hall–Kier alpha value is -2.04. The Labute approximate surface area is 79.8 Å². The van der Waals surface area contributed by atoms with E-state index in [1.165, 1.54) is 18.2 Å². The summed E-state index contributed by atoms with van der Waals surface area (Å²) >= 11 is 0. The van der Waals surface area contributed by atoms with Crippen molar-refractivity contribution in [2.75, 3.05) is 5.73 Å². The number of nitrogens with two attached hydrogens (primary N) is 1. The number of carbonyl (C=O) groups excluding carboxylic acids is 1. The van der Waals surface area contributed by atoms with Crippen molar-refractivity contribution in [1.82, 2.24) is 0 Å². The van der Waals surface area contributed by atoms with E-state index in [4.69, 9.17) is 15.9 Å². The SMILES string of the molecule is Nc1cc(O)ccc1C(=O)CC(=O)O. The molecular formula is C9H9NO4. The molecule has 0 aliphatic rings. The highest BCUT2D eigenvalue weighted by Gasteiger charge is 2.13. The lowest BCUT2D eigenvalue weighted by Gasteiger charge is -2.02. The largest absolute Gasteiger partial charge is 0.508 e. The predicted molar refractivity (Wildman–Crippen MR) is 49.1 cm³/mol. The van der Waals surface area contributed by atoms with Crippen LogP contribution < -0.4 is 5.73 Å². The minimum Gasteiger partial charge on any atom is -0.508 e. The first kappa shape index (κ1) is 10.0. The highest BCUT2D eigenvalue weighted by atomic mass is 16.4. The van der Waals surface area contributed by atoms with Gasteiger partial charge >= 0.3 is 5.97 Å². The summed E-state index contributed by atoms with van der Waals surface area (Å²) in [5.41, 5.74) is 5.62. The van der Waals surface area contributed by atoms with E-state index in [-0.39, 0.29) is 17.0 Å². The fraction of sp³-hybridized carbons (Fsp3) is 0.111. The van der Waals surface area contributed by atoms with Crippen LogP contribution in [0.2, 0.25) is 0 Å². The molecule has 1 aromatic rings. The third-order valence-corrected chi connectivity index (χ3v) is 1.65. The van der Waals surface area contributed by atoms with Crippen molar-refractivity contribution in [3.05, 3.63) is 23.8 Å². The predicted octanol–water partition coefficient (Wildman–Crippen LogP) is 0.632. The van der Waals surface area contributed by atoms with Gasteiger partial charge in [0.25, 0.3) is 0 Å². The summed E-state index contributed by atoms with van der Waals surface area (Å²) in [6.07, 6.45) is -0.602. The van der Waals surface area contributed by atoms with Gasteiger partial charge in [-0.1, -0.05) is 0 Å². The Balaban J connectivity index is 2.96. The van der Waals surface area contributed by atoms with Crippen molar-refractivity contribution >= 4 is 17.4 Å². The van der Waals surface area contributed by atoms with E-state index in [1.54, 1.807) is 0 Å². The summed E-state index contributed by atoms with van der Waals surface area (Å²) in [7, 11) is 0. The highest BCUT2D eigenvalue weighted by Crippen LogP contribution is 2.19. The summed E-state index contributed by atoms with van der Waals surface area (Å²) in [6, 6.07) is 3.79. The molecule has 0 saturated carbocycles. The second-order valence-corrected chi connectivity index (χ2v) is 2.77. The summed E-state index contributed by atoms with van der Waals surface area (Å²) in [4.78, 5) is 21.5. The van der Waals surface area contributed by atoms with Crippen LogP contribution in [0.15, 0.2) is 18.2 Å². The van der Waals surface area contributed by atoms with Crippen LogP contribution in [-0.4, -0.2) is 22.0 Å². The summed E-state index contributed by atoms with van der Waals surface area (Å²) < 4.78 is 0. The van der Waals surface area contributed by atoms with Gasteiger partial charge in [0, 0.05) is 17.3 Å². The van der Waals surface area contributed by atoms with Crippen LogP contribution in [-0.2, 0) is 4.79 Å². The van der Waals surface area contributed by atoms with Crippen LogP contribution in [0.25, 0.3) is 0 Å². The molecule has 0 atom stereocenters. The number of rotatable bonds is 3. The zero-order valence-electron chi connectivity index (χ0n) is 7.23. The van der Waals surface area contributed by atoms with Crippen LogP contribution in [0, 0.1) is 0 Å². The molecule has 5 heteroatoms. The normalized spacial score (nSPS) is 9.71. The van der Waals surface area contributed by atoms with Gasteiger partial charge in [-0.3, -0.25) is 9.59 Å². The van der Waals surface area contributed by atoms with Crippen molar-refractivity contribution in [1.29, 1.82) is 0 Å². The van der Waals surface area contributed by atoms with Crippen LogP contribution in [0.1, 0.15) is 16.8 Å². The molecule has 0 aromatic heterocycles. The topological polar surface area (TPSA) is 101 Å². The second-order valence-electron chi connectivity index (χ2n) is 2.77. The number of carboxylic acids is 1. The smallest absolute Gasteiger partial charge is 0.311 e. The molecule has 0 aliphatic heterocycles. The molecule has 0 spiro atoms. The van der Waals surface area contributed by atoms with Crippen LogP contribution in [0.4, 0.5) is 5.69 Å². The first-order chi connectivity index (χ1) is 6.50. The molecule has 74 valence electrons. The maximum Gasteiger partial charge on any atom is 0.311 e. The van der Waals surface area contributed by atoms with Crippen molar-refractivity contribution in [3.8, 4) is 5.75 Å². The molecule has 0 unspecified atom stereocenters. The molecule has 5 nitrogen and oxygen atoms in total. The van der Waals surface area contributed by atoms with E-state index < -0.39 is 18.2 Å². The van der Waals surface area contributed by atoms with Gasteiger partial charge in [0.05, 0.1) is 0 Å². The molecule has 14 heavy (non-hydrogen) atoms. The molecule has 0 bridgehead atoms. The first-order valence-electron chi connectivity index (χ1n) is 3.84. The Morgan fingerprint density at radius 1 is 1.36 bits per heavy atom. The third kappa shape index (κ3) is 2.22. The van der Waals surface area contributed by atoms with Gasteiger partial charge in [-0.25, -0.2) is 0 Å². The third-order valence-electron chi connectivity index (χ3n) is 1.65. The summed E-state index contributed by atoms with van der Waals surface area (Å²) in [5.74, 6) is -1.84. The first-order valence-corrected chi connectivity index (χ1v) is 3.84. The molecule has 0 saturated heterocycles. The van der Waals surface area contributed by atoms with Crippen LogP contribution >= 0.6 is 0 Å². The number of carboxylic acid groups (broad SMARTS) is 1. The molecule has 1 aromatic carbocycles. The van der Waals surface area contributed by atoms with E-state index in [1.807, 2.05) is 0 Å². The number of benzene rings is 1. The van der Waals surface area contributed by atoms with Gasteiger partial charge in [0.2, 0.25) is 0 Å². The number of anilines is 1. The molecule has 0 heterocycles. The summed E-state index contributed by atoms with van der Waals surface area (Å²) in [6.45, 7) is 0. The van der Waals surface area contributed by atoms with E-state index in [0.29, 0.717) is 0 Å². The number of ketones is 1. The minimum absolute atomic E-state index is 0.0608. The van der Waals surface area contributed by atoms with Crippen molar-refractivity contribution in [2.45, 2.75) is 6.42 Å². The molecule has 0 fully saturated rings. The number of hydrogen-bond acceptors (Lipinski definition) is 4. The molecule has 4 N–H and O–H groups in total. The van der Waals surface area contributed by atoms with Gasteiger partial charge in [-0.15, -0.1) is 0 Å². The lowest BCUT2D eigenvalue weighted by molar-refractivity contribution is -0.135. The maximum atomic E-state index is 11.2. The number of aliphatic carboxylic acids is 1.